The van der Waals surface area contributed by atoms with Gasteiger partial charge >= 0.3 is 0 Å². The van der Waals surface area contributed by atoms with Crippen LogP contribution < -0.4 is 5.32 Å². The van der Waals surface area contributed by atoms with Crippen LogP contribution in [0.25, 0.3) is 11.0 Å². The predicted molar refractivity (Wildman–Crippen MR) is 116 cm³/mol. The summed E-state index contributed by atoms with van der Waals surface area (Å²) >= 11 is 0. The van der Waals surface area contributed by atoms with Crippen molar-refractivity contribution < 1.29 is 4.79 Å². The van der Waals surface area contributed by atoms with Crippen LogP contribution in [0, 0.1) is 19.8 Å². The van der Waals surface area contributed by atoms with Gasteiger partial charge in [0.15, 0.2) is 0 Å². The van der Waals surface area contributed by atoms with Crippen molar-refractivity contribution >= 4 is 16.9 Å². The molecule has 148 valence electrons. The van der Waals surface area contributed by atoms with Crippen LogP contribution >= 0.6 is 0 Å². The number of carbonyl (C=O) groups excluding carboxylic acids is 1. The fraction of sp³-hybridized carbons (Fsp3) is 0.417. The normalized spacial score (nSPS) is 12.5. The molecule has 4 heteroatoms. The van der Waals surface area contributed by atoms with Crippen LogP contribution in [0.4, 0.5) is 0 Å². The lowest BCUT2D eigenvalue weighted by atomic mass is 10.1. The first-order valence-corrected chi connectivity index (χ1v) is 10.2. The van der Waals surface area contributed by atoms with Crippen molar-refractivity contribution in [2.45, 2.75) is 53.5 Å². The molecule has 0 radical (unpaired) electrons. The van der Waals surface area contributed by atoms with Crippen LogP contribution in [-0.4, -0.2) is 22.0 Å². The summed E-state index contributed by atoms with van der Waals surface area (Å²) in [6, 6.07) is 14.4. The third kappa shape index (κ3) is 4.27. The summed E-state index contributed by atoms with van der Waals surface area (Å²) in [4.78, 5) is 18.0. The van der Waals surface area contributed by atoms with Gasteiger partial charge in [0.05, 0.1) is 11.0 Å². The molecule has 3 rings (SSSR count). The number of nitrogens with one attached hydrogen (secondary N) is 1. The molecule has 4 nitrogen and oxygen atoms in total. The maximum Gasteiger partial charge on any atom is 0.243 e. The maximum atomic E-state index is 13.0. The topological polar surface area (TPSA) is 46.9 Å². The molecule has 3 aromatic rings. The monoisotopic (exact) mass is 377 g/mol. The SMILES string of the molecule is CC[C@H](C(=O)NCC(C)C)n1c(Cc2ccccc2)nc2cc(C)c(C)cc21. The van der Waals surface area contributed by atoms with E-state index in [1.54, 1.807) is 0 Å². The molecule has 2 aromatic carbocycles. The summed E-state index contributed by atoms with van der Waals surface area (Å²) in [6.07, 6.45) is 1.44. The Morgan fingerprint density at radius 2 is 1.79 bits per heavy atom. The van der Waals surface area contributed by atoms with E-state index >= 15 is 0 Å². The number of amides is 1. The predicted octanol–water partition coefficient (Wildman–Crippen LogP) is 4.97. The highest BCUT2D eigenvalue weighted by Crippen LogP contribution is 2.27. The molecule has 0 aliphatic rings. The van der Waals surface area contributed by atoms with Crippen molar-refractivity contribution in [1.82, 2.24) is 14.9 Å². The molecule has 0 saturated carbocycles. The second kappa shape index (κ2) is 8.59. The molecule has 1 atom stereocenters. The molecular formula is C24H31N3O. The lowest BCUT2D eigenvalue weighted by Crippen LogP contribution is -2.35. The second-order valence-electron chi connectivity index (χ2n) is 8.05. The van der Waals surface area contributed by atoms with Gasteiger partial charge in [-0.2, -0.15) is 0 Å². The van der Waals surface area contributed by atoms with Gasteiger partial charge in [-0.15, -0.1) is 0 Å². The lowest BCUT2D eigenvalue weighted by molar-refractivity contribution is -0.124. The van der Waals surface area contributed by atoms with E-state index < -0.39 is 0 Å². The molecule has 1 N–H and O–H groups in total. The van der Waals surface area contributed by atoms with Crippen molar-refractivity contribution in [1.29, 1.82) is 0 Å². The quantitative estimate of drug-likeness (QED) is 0.632. The fourth-order valence-electron chi connectivity index (χ4n) is 3.56. The number of aryl methyl sites for hydroxylation is 2. The van der Waals surface area contributed by atoms with Crippen LogP contribution in [0.2, 0.25) is 0 Å². The van der Waals surface area contributed by atoms with Gasteiger partial charge in [-0.25, -0.2) is 4.98 Å². The molecular weight excluding hydrogens is 346 g/mol. The minimum absolute atomic E-state index is 0.0723. The number of nitrogens with zero attached hydrogens (tertiary/aromatic N) is 2. The Morgan fingerprint density at radius 3 is 2.43 bits per heavy atom. The first kappa shape index (κ1) is 20.1. The van der Waals surface area contributed by atoms with E-state index in [1.165, 1.54) is 16.7 Å². The number of imidazole rings is 1. The molecule has 1 heterocycles. The van der Waals surface area contributed by atoms with Crippen molar-refractivity contribution in [3.8, 4) is 0 Å². The van der Waals surface area contributed by atoms with Gasteiger partial charge in [-0.05, 0) is 55.0 Å². The average Bonchev–Trinajstić information content (AvgIpc) is 2.99. The Kier molecular flexibility index (Phi) is 6.18. The minimum atomic E-state index is -0.260. The van der Waals surface area contributed by atoms with E-state index in [0.29, 0.717) is 18.9 Å². The summed E-state index contributed by atoms with van der Waals surface area (Å²) in [5.41, 5.74) is 5.65. The smallest absolute Gasteiger partial charge is 0.243 e. The van der Waals surface area contributed by atoms with Gasteiger partial charge in [0, 0.05) is 13.0 Å². The Morgan fingerprint density at radius 1 is 1.11 bits per heavy atom. The van der Waals surface area contributed by atoms with E-state index in [9.17, 15) is 4.79 Å². The van der Waals surface area contributed by atoms with E-state index in [4.69, 9.17) is 4.98 Å². The number of aromatic nitrogens is 2. The maximum absolute atomic E-state index is 13.0. The Labute approximate surface area is 168 Å². The van der Waals surface area contributed by atoms with Gasteiger partial charge in [-0.1, -0.05) is 51.1 Å². The molecule has 0 aliphatic carbocycles. The van der Waals surface area contributed by atoms with Crippen LogP contribution in [0.1, 0.15) is 55.7 Å². The van der Waals surface area contributed by atoms with Crippen molar-refractivity contribution in [3.63, 3.8) is 0 Å². The molecule has 1 amide bonds. The summed E-state index contributed by atoms with van der Waals surface area (Å²) < 4.78 is 2.16. The fourth-order valence-corrected chi connectivity index (χ4v) is 3.56. The third-order valence-electron chi connectivity index (χ3n) is 5.27. The molecule has 0 spiro atoms. The van der Waals surface area contributed by atoms with Crippen LogP contribution in [-0.2, 0) is 11.2 Å². The number of hydrogen-bond donors (Lipinski definition) is 1. The van der Waals surface area contributed by atoms with Gasteiger partial charge in [0.1, 0.15) is 11.9 Å². The highest BCUT2D eigenvalue weighted by atomic mass is 16.2. The Bertz CT molecular complexity index is 957. The van der Waals surface area contributed by atoms with Crippen LogP contribution in [0.5, 0.6) is 0 Å². The molecule has 0 unspecified atom stereocenters. The van der Waals surface area contributed by atoms with Crippen LogP contribution in [0.15, 0.2) is 42.5 Å². The standard InChI is InChI=1S/C24H31N3O/c1-6-21(24(28)25-15-16(2)3)27-22-13-18(5)17(4)12-20(22)26-23(27)14-19-10-8-7-9-11-19/h7-13,16,21H,6,14-15H2,1-5H3,(H,25,28)/t21-/m1/s1. The van der Waals surface area contributed by atoms with E-state index in [0.717, 1.165) is 23.3 Å². The van der Waals surface area contributed by atoms with Crippen molar-refractivity contribution in [3.05, 3.63) is 65.0 Å². The van der Waals surface area contributed by atoms with Crippen molar-refractivity contribution in [2.75, 3.05) is 6.54 Å². The summed E-state index contributed by atoms with van der Waals surface area (Å²) in [5, 5.41) is 3.12. The van der Waals surface area contributed by atoms with Gasteiger partial charge in [-0.3, -0.25) is 4.79 Å². The summed E-state index contributed by atoms with van der Waals surface area (Å²) in [5.74, 6) is 1.44. The first-order chi connectivity index (χ1) is 13.4. The molecule has 0 saturated heterocycles. The molecule has 1 aromatic heterocycles. The van der Waals surface area contributed by atoms with E-state index in [2.05, 4.69) is 68.8 Å². The second-order valence-corrected chi connectivity index (χ2v) is 8.05. The highest BCUT2D eigenvalue weighted by molar-refractivity contribution is 5.85. The zero-order valence-corrected chi connectivity index (χ0v) is 17.6. The van der Waals surface area contributed by atoms with Crippen molar-refractivity contribution in [2.24, 2.45) is 5.92 Å². The van der Waals surface area contributed by atoms with Crippen LogP contribution in [0.3, 0.4) is 0 Å². The number of carbonyl (C=O) groups is 1. The molecule has 0 fully saturated rings. The van der Waals surface area contributed by atoms with E-state index in [1.807, 2.05) is 18.2 Å². The molecule has 0 aliphatic heterocycles. The molecule has 28 heavy (non-hydrogen) atoms. The first-order valence-electron chi connectivity index (χ1n) is 10.2. The molecule has 0 bridgehead atoms. The minimum Gasteiger partial charge on any atom is -0.354 e. The third-order valence-corrected chi connectivity index (χ3v) is 5.27. The van der Waals surface area contributed by atoms with Gasteiger partial charge in [0.2, 0.25) is 5.91 Å². The Hall–Kier alpha value is -2.62. The number of hydrogen-bond acceptors (Lipinski definition) is 2. The number of fused-ring (bicyclic) bond motifs is 1. The number of rotatable bonds is 7. The van der Waals surface area contributed by atoms with Gasteiger partial charge in [0.25, 0.3) is 0 Å². The van der Waals surface area contributed by atoms with Gasteiger partial charge < -0.3 is 9.88 Å². The zero-order valence-electron chi connectivity index (χ0n) is 17.6. The summed E-state index contributed by atoms with van der Waals surface area (Å²) in [7, 11) is 0. The Balaban J connectivity index is 2.09. The zero-order chi connectivity index (χ0) is 20.3. The largest absolute Gasteiger partial charge is 0.354 e. The lowest BCUT2D eigenvalue weighted by Gasteiger charge is -2.21. The number of benzene rings is 2. The highest BCUT2D eigenvalue weighted by Gasteiger charge is 2.24. The summed E-state index contributed by atoms with van der Waals surface area (Å²) in [6.45, 7) is 11.2. The average molecular weight is 378 g/mol. The van der Waals surface area contributed by atoms with E-state index in [-0.39, 0.29) is 11.9 Å².